The zero-order valence-electron chi connectivity index (χ0n) is 10.4. The molecule has 20 heavy (non-hydrogen) atoms. The molecule has 2 aromatic rings. The Labute approximate surface area is 119 Å². The van der Waals surface area contributed by atoms with E-state index in [0.717, 1.165) is 0 Å². The Morgan fingerprint density at radius 1 is 1.45 bits per heavy atom. The number of nitrogens with one attached hydrogen (secondary N) is 1. The zero-order chi connectivity index (χ0) is 14.8. The van der Waals surface area contributed by atoms with E-state index in [1.165, 1.54) is 36.5 Å². The van der Waals surface area contributed by atoms with E-state index in [-0.39, 0.29) is 11.4 Å². The molecule has 0 spiro atoms. The molecule has 0 aliphatic heterocycles. The Balaban J connectivity index is 2.36. The van der Waals surface area contributed by atoms with Crippen LogP contribution in [0.1, 0.15) is 10.6 Å². The van der Waals surface area contributed by atoms with Gasteiger partial charge in [0, 0.05) is 17.6 Å². The predicted octanol–water partition coefficient (Wildman–Crippen LogP) is 1.84. The van der Waals surface area contributed by atoms with Crippen LogP contribution >= 0.6 is 11.3 Å². The molecule has 0 aliphatic rings. The summed E-state index contributed by atoms with van der Waals surface area (Å²) >= 11 is 1.30. The third-order valence-corrected chi connectivity index (χ3v) is 4.93. The molecule has 0 saturated heterocycles. The molecule has 2 rings (SSSR count). The minimum absolute atomic E-state index is 0.00545. The van der Waals surface area contributed by atoms with Crippen LogP contribution in [0.4, 0.5) is 5.69 Å². The lowest BCUT2D eigenvalue weighted by atomic mass is 10.2. The minimum atomic E-state index is -3.97. The summed E-state index contributed by atoms with van der Waals surface area (Å²) in [5.74, 6) is 0. The summed E-state index contributed by atoms with van der Waals surface area (Å²) < 4.78 is 26.8. The van der Waals surface area contributed by atoms with E-state index in [9.17, 15) is 18.5 Å². The highest BCUT2D eigenvalue weighted by Gasteiger charge is 2.27. The average molecular weight is 313 g/mol. The van der Waals surface area contributed by atoms with Gasteiger partial charge in [0.25, 0.3) is 5.69 Å². The van der Waals surface area contributed by atoms with Crippen LogP contribution < -0.4 is 4.72 Å². The van der Waals surface area contributed by atoms with E-state index in [1.807, 2.05) is 0 Å². The molecule has 0 radical (unpaired) electrons. The van der Waals surface area contributed by atoms with Crippen molar-refractivity contribution in [1.82, 2.24) is 9.71 Å². The number of rotatable bonds is 5. The van der Waals surface area contributed by atoms with E-state index in [0.29, 0.717) is 10.6 Å². The smallest absolute Gasteiger partial charge is 0.258 e. The van der Waals surface area contributed by atoms with Gasteiger partial charge >= 0.3 is 0 Å². The number of nitro benzene ring substituents is 1. The lowest BCUT2D eigenvalue weighted by molar-refractivity contribution is -0.387. The molecule has 0 atom stereocenters. The number of thiazole rings is 1. The van der Waals surface area contributed by atoms with E-state index < -0.39 is 20.6 Å². The fourth-order valence-corrected chi connectivity index (χ4v) is 3.73. The molecular formula is C11H11N3O4S2. The molecule has 0 bridgehead atoms. The van der Waals surface area contributed by atoms with Crippen molar-refractivity contribution in [1.29, 1.82) is 0 Å². The van der Waals surface area contributed by atoms with Crippen molar-refractivity contribution in [3.63, 3.8) is 0 Å². The third-order valence-electron chi connectivity index (χ3n) is 2.55. The average Bonchev–Trinajstić information content (AvgIpc) is 2.89. The molecule has 1 N–H and O–H groups in total. The van der Waals surface area contributed by atoms with Crippen LogP contribution in [0.25, 0.3) is 0 Å². The van der Waals surface area contributed by atoms with Gasteiger partial charge in [0.1, 0.15) is 5.01 Å². The van der Waals surface area contributed by atoms with E-state index in [4.69, 9.17) is 0 Å². The normalized spacial score (nSPS) is 11.4. The van der Waals surface area contributed by atoms with Crippen molar-refractivity contribution in [2.75, 3.05) is 0 Å². The van der Waals surface area contributed by atoms with Crippen LogP contribution in [0.2, 0.25) is 0 Å². The Kier molecular flexibility index (Phi) is 4.12. The predicted molar refractivity (Wildman–Crippen MR) is 74.0 cm³/mol. The van der Waals surface area contributed by atoms with E-state index in [1.54, 1.807) is 11.6 Å². The van der Waals surface area contributed by atoms with Gasteiger partial charge in [-0.3, -0.25) is 10.1 Å². The van der Waals surface area contributed by atoms with Gasteiger partial charge in [0.2, 0.25) is 10.0 Å². The number of nitrogens with zero attached hydrogens (tertiary/aromatic N) is 2. The topological polar surface area (TPSA) is 102 Å². The highest BCUT2D eigenvalue weighted by atomic mass is 32.2. The maximum atomic E-state index is 12.2. The van der Waals surface area contributed by atoms with Gasteiger partial charge < -0.3 is 0 Å². The summed E-state index contributed by atoms with van der Waals surface area (Å²) in [6.45, 7) is 1.52. The quantitative estimate of drug-likeness (QED) is 0.670. The Morgan fingerprint density at radius 3 is 2.80 bits per heavy atom. The number of nitro groups is 1. The fraction of sp³-hybridized carbons (Fsp3) is 0.182. The number of aryl methyl sites for hydroxylation is 1. The second-order valence-electron chi connectivity index (χ2n) is 3.93. The van der Waals surface area contributed by atoms with Crippen molar-refractivity contribution in [2.45, 2.75) is 18.4 Å². The Hall–Kier alpha value is -1.84. The first kappa shape index (κ1) is 14.6. The maximum Gasteiger partial charge on any atom is 0.289 e. The second-order valence-corrected chi connectivity index (χ2v) is 6.61. The molecule has 0 fully saturated rings. The van der Waals surface area contributed by atoms with Gasteiger partial charge in [-0.05, 0) is 12.5 Å². The van der Waals surface area contributed by atoms with Gasteiger partial charge in [-0.1, -0.05) is 12.1 Å². The van der Waals surface area contributed by atoms with E-state index >= 15 is 0 Å². The van der Waals surface area contributed by atoms with Gasteiger partial charge in [-0.25, -0.2) is 18.1 Å². The Bertz CT molecular complexity index is 726. The molecule has 1 heterocycles. The van der Waals surface area contributed by atoms with Crippen LogP contribution in [0.5, 0.6) is 0 Å². The summed E-state index contributed by atoms with van der Waals surface area (Å²) in [7, 11) is -3.97. The lowest BCUT2D eigenvalue weighted by Gasteiger charge is -2.08. The van der Waals surface area contributed by atoms with Gasteiger partial charge in [0.05, 0.1) is 11.5 Å². The number of benzene rings is 1. The highest BCUT2D eigenvalue weighted by molar-refractivity contribution is 7.89. The monoisotopic (exact) mass is 313 g/mol. The molecular weight excluding hydrogens is 302 g/mol. The van der Waals surface area contributed by atoms with Crippen molar-refractivity contribution in [3.8, 4) is 0 Å². The minimum Gasteiger partial charge on any atom is -0.258 e. The largest absolute Gasteiger partial charge is 0.289 e. The number of aromatic nitrogens is 1. The number of sulfonamides is 1. The van der Waals surface area contributed by atoms with Crippen LogP contribution in [-0.2, 0) is 16.6 Å². The number of hydrogen-bond donors (Lipinski definition) is 1. The highest BCUT2D eigenvalue weighted by Crippen LogP contribution is 2.26. The molecule has 7 nitrogen and oxygen atoms in total. The molecule has 106 valence electrons. The third kappa shape index (κ3) is 3.00. The summed E-state index contributed by atoms with van der Waals surface area (Å²) in [6, 6.07) is 4.14. The summed E-state index contributed by atoms with van der Waals surface area (Å²) in [5, 5.41) is 13.3. The zero-order valence-corrected chi connectivity index (χ0v) is 12.1. The summed E-state index contributed by atoms with van der Waals surface area (Å²) in [6.07, 6.45) is 1.56. The van der Waals surface area contributed by atoms with Crippen molar-refractivity contribution in [3.05, 3.63) is 50.5 Å². The van der Waals surface area contributed by atoms with Gasteiger partial charge in [0.15, 0.2) is 4.90 Å². The molecule has 1 aromatic heterocycles. The lowest BCUT2D eigenvalue weighted by Crippen LogP contribution is -2.24. The van der Waals surface area contributed by atoms with Crippen molar-refractivity contribution >= 4 is 27.0 Å². The molecule has 0 aliphatic carbocycles. The SMILES string of the molecule is Cc1cccc([N+](=O)[O-])c1S(=O)(=O)NCc1nccs1. The molecule has 9 heteroatoms. The van der Waals surface area contributed by atoms with Crippen LogP contribution in [0, 0.1) is 17.0 Å². The van der Waals surface area contributed by atoms with Crippen molar-refractivity contribution < 1.29 is 13.3 Å². The number of hydrogen-bond acceptors (Lipinski definition) is 6. The molecule has 1 aromatic carbocycles. The van der Waals surface area contributed by atoms with Crippen LogP contribution in [0.3, 0.4) is 0 Å². The summed E-state index contributed by atoms with van der Waals surface area (Å²) in [4.78, 5) is 13.9. The van der Waals surface area contributed by atoms with Gasteiger partial charge in [-0.2, -0.15) is 0 Å². The Morgan fingerprint density at radius 2 is 2.20 bits per heavy atom. The second kappa shape index (κ2) is 5.65. The first-order chi connectivity index (χ1) is 9.42. The first-order valence-electron chi connectivity index (χ1n) is 5.54. The summed E-state index contributed by atoms with van der Waals surface area (Å²) in [5.41, 5.74) is -0.109. The van der Waals surface area contributed by atoms with E-state index in [2.05, 4.69) is 9.71 Å². The standard InChI is InChI=1S/C11H11N3O4S2/c1-8-3-2-4-9(14(15)16)11(8)20(17,18)13-7-10-12-5-6-19-10/h2-6,13H,7H2,1H3. The first-order valence-corrected chi connectivity index (χ1v) is 7.90. The van der Waals surface area contributed by atoms with Crippen LogP contribution in [0.15, 0.2) is 34.7 Å². The molecule has 0 saturated carbocycles. The molecule has 0 amide bonds. The fourth-order valence-electron chi connectivity index (χ4n) is 1.70. The molecule has 0 unspecified atom stereocenters. The maximum absolute atomic E-state index is 12.2. The van der Waals surface area contributed by atoms with Crippen molar-refractivity contribution in [2.24, 2.45) is 0 Å². The van der Waals surface area contributed by atoms with Crippen LogP contribution in [-0.4, -0.2) is 18.3 Å². The van der Waals surface area contributed by atoms with Gasteiger partial charge in [-0.15, -0.1) is 11.3 Å².